The molecule has 26 heavy (non-hydrogen) atoms. The lowest BCUT2D eigenvalue weighted by Crippen LogP contribution is -2.32. The summed E-state index contributed by atoms with van der Waals surface area (Å²) in [6, 6.07) is 4.56. The highest BCUT2D eigenvalue weighted by Gasteiger charge is 2.34. The molecular formula is C16H21FN2O5S2. The van der Waals surface area contributed by atoms with Crippen LogP contribution in [0.4, 0.5) is 14.9 Å². The van der Waals surface area contributed by atoms with E-state index in [9.17, 15) is 18.3 Å². The number of cyclic esters (lactones) is 1. The Labute approximate surface area is 158 Å². The van der Waals surface area contributed by atoms with E-state index in [4.69, 9.17) is 21.1 Å². The Bertz CT molecular complexity index is 708. The van der Waals surface area contributed by atoms with Crippen molar-refractivity contribution < 1.29 is 27.2 Å². The molecule has 1 amide bonds. The van der Waals surface area contributed by atoms with E-state index in [1.807, 2.05) is 0 Å². The van der Waals surface area contributed by atoms with Crippen molar-refractivity contribution in [2.75, 3.05) is 30.3 Å². The fourth-order valence-corrected chi connectivity index (χ4v) is 4.16. The van der Waals surface area contributed by atoms with E-state index >= 15 is 0 Å². The van der Waals surface area contributed by atoms with Crippen LogP contribution in [0.25, 0.3) is 0 Å². The van der Waals surface area contributed by atoms with Crippen molar-refractivity contribution >= 4 is 39.9 Å². The topological polar surface area (TPSA) is 91.3 Å². The fraction of sp³-hybridized carbons (Fsp3) is 0.500. The number of ether oxygens (including phenoxy) is 1. The van der Waals surface area contributed by atoms with Gasteiger partial charge in [0.2, 0.25) is 0 Å². The number of benzene rings is 1. The first kappa shape index (κ1) is 19.3. The third kappa shape index (κ3) is 4.44. The van der Waals surface area contributed by atoms with Gasteiger partial charge in [0.15, 0.2) is 0 Å². The number of rotatable bonds is 4. The average molecular weight is 404 g/mol. The number of carbonyl (C=O) groups is 1. The quantitative estimate of drug-likeness (QED) is 0.664. The predicted molar refractivity (Wildman–Crippen MR) is 101 cm³/mol. The van der Waals surface area contributed by atoms with Crippen LogP contribution >= 0.6 is 23.1 Å². The maximum absolute atomic E-state index is 14.6. The largest absolute Gasteiger partial charge is 0.442 e. The van der Waals surface area contributed by atoms with Gasteiger partial charge in [-0.05, 0) is 31.0 Å². The average Bonchev–Trinajstić information content (AvgIpc) is 2.94. The summed E-state index contributed by atoms with van der Waals surface area (Å²) in [5.74, 6) is -0.624. The zero-order chi connectivity index (χ0) is 18.9. The van der Waals surface area contributed by atoms with Crippen LogP contribution in [0.1, 0.15) is 24.8 Å². The Morgan fingerprint density at radius 2 is 2.27 bits per heavy atom. The molecule has 0 saturated carbocycles. The zero-order valence-electron chi connectivity index (χ0n) is 14.2. The zero-order valence-corrected chi connectivity index (χ0v) is 15.8. The third-order valence-corrected chi connectivity index (χ3v) is 5.80. The lowest BCUT2D eigenvalue weighted by molar-refractivity contribution is 0.143. The first-order valence-corrected chi connectivity index (χ1v) is 10.2. The summed E-state index contributed by atoms with van der Waals surface area (Å²) in [6.45, 7) is 2.51. The van der Waals surface area contributed by atoms with Gasteiger partial charge in [0.1, 0.15) is 11.9 Å². The molecule has 144 valence electrons. The van der Waals surface area contributed by atoms with Gasteiger partial charge < -0.3 is 19.2 Å². The molecule has 0 bridgehead atoms. The minimum atomic E-state index is -2.99. The molecule has 3 rings (SSSR count). The molecule has 2 aliphatic heterocycles. The van der Waals surface area contributed by atoms with Crippen molar-refractivity contribution in [1.82, 2.24) is 5.32 Å². The van der Waals surface area contributed by atoms with E-state index in [2.05, 4.69) is 5.32 Å². The Balaban J connectivity index is 1.68. The first-order chi connectivity index (χ1) is 12.2. The van der Waals surface area contributed by atoms with Gasteiger partial charge in [0, 0.05) is 11.7 Å². The molecule has 2 heterocycles. The molecule has 1 unspecified atom stereocenters. The van der Waals surface area contributed by atoms with Crippen molar-refractivity contribution in [2.24, 2.45) is 0 Å². The second-order valence-electron chi connectivity index (χ2n) is 6.34. The number of thiocarbonyl (C=S) groups is 1. The van der Waals surface area contributed by atoms with E-state index < -0.39 is 22.8 Å². The first-order valence-electron chi connectivity index (χ1n) is 8.17. The van der Waals surface area contributed by atoms with Gasteiger partial charge in [-0.1, -0.05) is 18.3 Å². The van der Waals surface area contributed by atoms with Gasteiger partial charge >= 0.3 is 6.09 Å². The summed E-state index contributed by atoms with van der Waals surface area (Å²) in [4.78, 5) is 14.0. The molecule has 3 N–H and O–H groups in total. The normalized spacial score (nSPS) is 26.3. The predicted octanol–water partition coefficient (Wildman–Crippen LogP) is 3.26. The summed E-state index contributed by atoms with van der Waals surface area (Å²) in [7, 11) is -2.99. The molecule has 1 aromatic rings. The van der Waals surface area contributed by atoms with Crippen molar-refractivity contribution in [1.29, 1.82) is 0 Å². The number of hydrogen-bond donors (Lipinski definition) is 3. The van der Waals surface area contributed by atoms with Gasteiger partial charge in [0.25, 0.3) is 0 Å². The van der Waals surface area contributed by atoms with Crippen molar-refractivity contribution in [3.05, 3.63) is 29.6 Å². The highest BCUT2D eigenvalue weighted by Crippen LogP contribution is 2.47. The van der Waals surface area contributed by atoms with Gasteiger partial charge in [-0.15, -0.1) is 0 Å². The molecule has 7 nitrogen and oxygen atoms in total. The van der Waals surface area contributed by atoms with Crippen LogP contribution in [0.3, 0.4) is 0 Å². The van der Waals surface area contributed by atoms with Gasteiger partial charge in [0.05, 0.1) is 41.2 Å². The summed E-state index contributed by atoms with van der Waals surface area (Å²) in [5.41, 5.74) is 0.851. The van der Waals surface area contributed by atoms with Crippen LogP contribution in [-0.2, 0) is 8.92 Å². The molecular weight excluding hydrogens is 383 g/mol. The van der Waals surface area contributed by atoms with Gasteiger partial charge in [-0.25, -0.2) is 9.18 Å². The van der Waals surface area contributed by atoms with E-state index in [0.29, 0.717) is 35.7 Å². The molecule has 0 aliphatic carbocycles. The van der Waals surface area contributed by atoms with Crippen molar-refractivity contribution in [3.63, 3.8) is 0 Å². The summed E-state index contributed by atoms with van der Waals surface area (Å²) in [6.07, 6.45) is -0.462. The summed E-state index contributed by atoms with van der Waals surface area (Å²) in [5, 5.41) is 2.95. The van der Waals surface area contributed by atoms with Crippen molar-refractivity contribution in [3.8, 4) is 0 Å². The van der Waals surface area contributed by atoms with Crippen LogP contribution in [0.2, 0.25) is 0 Å². The molecule has 0 radical (unpaired) electrons. The number of nitrogens with one attached hydrogen (secondary N) is 1. The smallest absolute Gasteiger partial charge is 0.414 e. The number of anilines is 1. The van der Waals surface area contributed by atoms with E-state index in [-0.39, 0.29) is 24.4 Å². The molecule has 0 spiro atoms. The van der Waals surface area contributed by atoms with Gasteiger partial charge in [-0.3, -0.25) is 9.08 Å². The Hall–Kier alpha value is -1.46. The standard InChI is InChI=1S/C16H21FN2O5S2/c1-10(25)18-7-13-8-19(16(20)24-13)12-2-3-14(15(17)6-12)11-4-5-26(21,22)23-9-11/h2-3,6,11,13,21-22H,4-5,7-9H2,1H3,(H,18,25)/t11?,13-/m0/s1. The number of carbonyl (C=O) groups excluding carboxylic acids is 1. The maximum atomic E-state index is 14.6. The van der Waals surface area contributed by atoms with Crippen LogP contribution in [0.5, 0.6) is 0 Å². The SMILES string of the molecule is CC(=S)NC[C@H]1CN(c2ccc(C3CCS(O)(O)OC3)c(F)c2)C(=O)O1. The highest BCUT2D eigenvalue weighted by molar-refractivity contribution is 8.20. The third-order valence-electron chi connectivity index (χ3n) is 4.38. The number of amides is 1. The monoisotopic (exact) mass is 404 g/mol. The minimum Gasteiger partial charge on any atom is -0.442 e. The Morgan fingerprint density at radius 1 is 1.50 bits per heavy atom. The van der Waals surface area contributed by atoms with Crippen molar-refractivity contribution in [2.45, 2.75) is 25.4 Å². The Morgan fingerprint density at radius 3 is 2.88 bits per heavy atom. The number of nitrogens with zero attached hydrogens (tertiary/aromatic N) is 1. The molecule has 2 fully saturated rings. The van der Waals surface area contributed by atoms with E-state index in [0.717, 1.165) is 0 Å². The second kappa shape index (κ2) is 7.65. The molecule has 0 aromatic heterocycles. The molecule has 2 saturated heterocycles. The molecule has 2 atom stereocenters. The Kier molecular flexibility index (Phi) is 5.68. The molecule has 10 heteroatoms. The summed E-state index contributed by atoms with van der Waals surface area (Å²) < 4.78 is 43.8. The number of hydrogen-bond acceptors (Lipinski definition) is 6. The lowest BCUT2D eigenvalue weighted by Gasteiger charge is -2.35. The van der Waals surface area contributed by atoms with Crippen LogP contribution in [0.15, 0.2) is 18.2 Å². The van der Waals surface area contributed by atoms with Gasteiger partial charge in [-0.2, -0.15) is 0 Å². The van der Waals surface area contributed by atoms with Crippen LogP contribution in [-0.4, -0.2) is 51.7 Å². The lowest BCUT2D eigenvalue weighted by atomic mass is 9.96. The highest BCUT2D eigenvalue weighted by atomic mass is 32.3. The fourth-order valence-electron chi connectivity index (χ4n) is 2.99. The second-order valence-corrected chi connectivity index (χ2v) is 8.81. The maximum Gasteiger partial charge on any atom is 0.414 e. The van der Waals surface area contributed by atoms with E-state index in [1.165, 1.54) is 11.0 Å². The molecule has 1 aromatic carbocycles. The summed E-state index contributed by atoms with van der Waals surface area (Å²) >= 11 is 4.94. The van der Waals surface area contributed by atoms with Crippen LogP contribution < -0.4 is 10.2 Å². The minimum absolute atomic E-state index is 0.0506. The number of halogens is 1. The van der Waals surface area contributed by atoms with E-state index in [1.54, 1.807) is 19.1 Å². The molecule has 2 aliphatic rings. The van der Waals surface area contributed by atoms with Crippen LogP contribution in [0, 0.1) is 5.82 Å².